The van der Waals surface area contributed by atoms with Gasteiger partial charge in [-0.2, -0.15) is 0 Å². The average Bonchev–Trinajstić information content (AvgIpc) is 3.51. The van der Waals surface area contributed by atoms with Crippen LogP contribution < -0.4 is 10.6 Å². The van der Waals surface area contributed by atoms with Gasteiger partial charge in [-0.3, -0.25) is 10.1 Å². The fourth-order valence-corrected chi connectivity index (χ4v) is 5.15. The summed E-state index contributed by atoms with van der Waals surface area (Å²) in [5, 5.41) is 15.1. The Morgan fingerprint density at radius 3 is 2.59 bits per heavy atom. The molecule has 2 aliphatic heterocycles. The van der Waals surface area contributed by atoms with Gasteiger partial charge in [0.05, 0.1) is 30.0 Å². The van der Waals surface area contributed by atoms with Crippen LogP contribution in [0, 0.1) is 5.92 Å². The number of hydrogen-bond donors (Lipinski definition) is 3. The van der Waals surface area contributed by atoms with Gasteiger partial charge in [0.15, 0.2) is 0 Å². The van der Waals surface area contributed by atoms with Crippen LogP contribution in [0.1, 0.15) is 72.6 Å². The van der Waals surface area contributed by atoms with Crippen molar-refractivity contribution in [3.05, 3.63) is 36.0 Å². The van der Waals surface area contributed by atoms with E-state index in [0.29, 0.717) is 5.92 Å². The Morgan fingerprint density at radius 2 is 1.94 bits per heavy atom. The Labute approximate surface area is 205 Å². The third-order valence-corrected chi connectivity index (χ3v) is 6.99. The van der Waals surface area contributed by atoms with Gasteiger partial charge < -0.3 is 24.6 Å². The predicted molar refractivity (Wildman–Crippen MR) is 133 cm³/mol. The van der Waals surface area contributed by atoms with Crippen molar-refractivity contribution in [1.29, 1.82) is 0 Å². The molecule has 1 amide bonds. The lowest BCUT2D eigenvalue weighted by atomic mass is 9.83. The van der Waals surface area contributed by atoms with Crippen LogP contribution in [0.3, 0.4) is 0 Å². The van der Waals surface area contributed by atoms with Gasteiger partial charge in [0, 0.05) is 25.0 Å². The number of ether oxygens (including phenoxy) is 3. The van der Waals surface area contributed by atoms with Gasteiger partial charge in [0.2, 0.25) is 12.3 Å². The third kappa shape index (κ3) is 8.93. The maximum atomic E-state index is 12.2. The molecule has 3 aliphatic rings. The molecule has 0 aromatic heterocycles. The summed E-state index contributed by atoms with van der Waals surface area (Å²) in [5.74, 6) is 0.557. The highest BCUT2D eigenvalue weighted by Crippen LogP contribution is 2.46. The minimum atomic E-state index is -1.04. The number of nitrogens with one attached hydrogen (secondary N) is 2. The van der Waals surface area contributed by atoms with Crippen LogP contribution in [-0.2, 0) is 19.0 Å². The van der Waals surface area contributed by atoms with E-state index < -0.39 is 6.41 Å². The normalized spacial score (nSPS) is 33.4. The van der Waals surface area contributed by atoms with Gasteiger partial charge in [-0.15, -0.1) is 0 Å². The first-order chi connectivity index (χ1) is 16.1. The SMILES string of the molecule is CNC(O)OC(C)C=CC(=O)NC1CCC(CC=C(C)C=CC2CC3(CO3)CC(C)(C)O2)CC1. The zero-order valence-electron chi connectivity index (χ0n) is 21.5. The van der Waals surface area contributed by atoms with Crippen molar-refractivity contribution in [2.45, 2.75) is 109 Å². The summed E-state index contributed by atoms with van der Waals surface area (Å²) in [6, 6.07) is 0.223. The molecule has 1 aliphatic carbocycles. The largest absolute Gasteiger partial charge is 0.369 e. The molecule has 3 rings (SSSR count). The monoisotopic (exact) mass is 476 g/mol. The third-order valence-electron chi connectivity index (χ3n) is 6.99. The molecule has 2 saturated heterocycles. The molecule has 7 nitrogen and oxygen atoms in total. The molecule has 7 heteroatoms. The van der Waals surface area contributed by atoms with Crippen LogP contribution in [0.2, 0.25) is 0 Å². The predicted octanol–water partition coefficient (Wildman–Crippen LogP) is 3.74. The Bertz CT molecular complexity index is 757. The topological polar surface area (TPSA) is 92.3 Å². The van der Waals surface area contributed by atoms with Crippen LogP contribution in [-0.4, -0.2) is 60.5 Å². The molecule has 0 aromatic carbocycles. The van der Waals surface area contributed by atoms with Gasteiger partial charge in [-0.25, -0.2) is 0 Å². The summed E-state index contributed by atoms with van der Waals surface area (Å²) >= 11 is 0. The Morgan fingerprint density at radius 1 is 1.24 bits per heavy atom. The Hall–Kier alpha value is -1.51. The van der Waals surface area contributed by atoms with Crippen molar-refractivity contribution in [3.8, 4) is 0 Å². The van der Waals surface area contributed by atoms with Gasteiger partial charge in [0.1, 0.15) is 0 Å². The van der Waals surface area contributed by atoms with Gasteiger partial charge in [0.25, 0.3) is 0 Å². The second-order valence-electron chi connectivity index (χ2n) is 10.9. The molecule has 3 N–H and O–H groups in total. The maximum absolute atomic E-state index is 12.2. The molecule has 1 spiro atoms. The summed E-state index contributed by atoms with van der Waals surface area (Å²) in [5.41, 5.74) is 1.20. The summed E-state index contributed by atoms with van der Waals surface area (Å²) < 4.78 is 17.2. The van der Waals surface area contributed by atoms with Crippen LogP contribution >= 0.6 is 0 Å². The smallest absolute Gasteiger partial charge is 0.243 e. The quantitative estimate of drug-likeness (QED) is 0.193. The number of hydrogen-bond acceptors (Lipinski definition) is 6. The highest BCUT2D eigenvalue weighted by Gasteiger charge is 2.53. The molecule has 2 heterocycles. The lowest BCUT2D eigenvalue weighted by molar-refractivity contribution is -0.133. The van der Waals surface area contributed by atoms with Crippen molar-refractivity contribution in [1.82, 2.24) is 10.6 Å². The van der Waals surface area contributed by atoms with Crippen LogP contribution in [0.5, 0.6) is 0 Å². The molecule has 34 heavy (non-hydrogen) atoms. The number of aliphatic hydroxyl groups excluding tert-OH is 1. The molecule has 3 fully saturated rings. The van der Waals surface area contributed by atoms with E-state index in [1.807, 2.05) is 0 Å². The number of allylic oxidation sites excluding steroid dienone is 3. The summed E-state index contributed by atoms with van der Waals surface area (Å²) in [6.07, 6.45) is 15.8. The molecule has 192 valence electrons. The van der Waals surface area contributed by atoms with E-state index in [-0.39, 0.29) is 35.4 Å². The van der Waals surface area contributed by atoms with E-state index in [4.69, 9.17) is 14.2 Å². The van der Waals surface area contributed by atoms with Crippen LogP contribution in [0.15, 0.2) is 36.0 Å². The number of carbonyl (C=O) groups is 1. The molecular formula is C27H44N2O5. The lowest BCUT2D eigenvalue weighted by Crippen LogP contribution is -2.43. The standard InChI is InChI=1S/C27H44N2O5/c1-19(7-14-23-16-27(18-32-27)17-26(3,4)34-23)6-9-21-10-12-22(13-11-21)29-24(30)15-8-20(2)33-25(31)28-5/h6-8,14-15,20-23,25,28,31H,9-13,16-18H2,1-5H3,(H,29,30). The van der Waals surface area contributed by atoms with Crippen molar-refractivity contribution in [3.63, 3.8) is 0 Å². The number of amides is 1. The zero-order valence-corrected chi connectivity index (χ0v) is 21.5. The van der Waals surface area contributed by atoms with Gasteiger partial charge in [-0.05, 0) is 72.8 Å². The first kappa shape index (κ1) is 27.1. The second-order valence-corrected chi connectivity index (χ2v) is 10.9. The lowest BCUT2D eigenvalue weighted by Gasteiger charge is -2.38. The summed E-state index contributed by atoms with van der Waals surface area (Å²) in [6.45, 7) is 9.11. The highest BCUT2D eigenvalue weighted by atomic mass is 16.6. The zero-order chi connectivity index (χ0) is 24.8. The van der Waals surface area contributed by atoms with Crippen molar-refractivity contribution in [2.24, 2.45) is 5.92 Å². The Kier molecular flexibility index (Phi) is 9.52. The van der Waals surface area contributed by atoms with E-state index in [9.17, 15) is 9.90 Å². The van der Waals surface area contributed by atoms with E-state index in [2.05, 4.69) is 49.6 Å². The molecule has 0 aromatic rings. The van der Waals surface area contributed by atoms with E-state index in [1.54, 1.807) is 20.0 Å². The molecule has 4 unspecified atom stereocenters. The van der Waals surface area contributed by atoms with Crippen molar-refractivity contribution >= 4 is 5.91 Å². The van der Waals surface area contributed by atoms with E-state index >= 15 is 0 Å². The van der Waals surface area contributed by atoms with Gasteiger partial charge >= 0.3 is 0 Å². The fourth-order valence-electron chi connectivity index (χ4n) is 5.15. The molecule has 0 bridgehead atoms. The average molecular weight is 477 g/mol. The van der Waals surface area contributed by atoms with Crippen LogP contribution in [0.4, 0.5) is 0 Å². The second kappa shape index (κ2) is 12.0. The number of epoxide rings is 1. The summed E-state index contributed by atoms with van der Waals surface area (Å²) in [4.78, 5) is 12.2. The maximum Gasteiger partial charge on any atom is 0.243 e. The minimum Gasteiger partial charge on any atom is -0.369 e. The fraction of sp³-hybridized carbons (Fsp3) is 0.741. The first-order valence-corrected chi connectivity index (χ1v) is 12.7. The number of aliphatic hydroxyl groups is 1. The van der Waals surface area contributed by atoms with E-state index in [0.717, 1.165) is 51.6 Å². The van der Waals surface area contributed by atoms with Crippen molar-refractivity contribution in [2.75, 3.05) is 13.7 Å². The van der Waals surface area contributed by atoms with Crippen LogP contribution in [0.25, 0.3) is 0 Å². The molecular weight excluding hydrogens is 432 g/mol. The highest BCUT2D eigenvalue weighted by molar-refractivity contribution is 5.87. The molecule has 1 saturated carbocycles. The Balaban J connectivity index is 1.35. The molecule has 0 radical (unpaired) electrons. The van der Waals surface area contributed by atoms with Crippen molar-refractivity contribution < 1.29 is 24.1 Å². The van der Waals surface area contributed by atoms with Gasteiger partial charge in [-0.1, -0.05) is 29.9 Å². The van der Waals surface area contributed by atoms with E-state index in [1.165, 1.54) is 11.6 Å². The summed E-state index contributed by atoms with van der Waals surface area (Å²) in [7, 11) is 1.60. The number of carbonyl (C=O) groups excluding carboxylic acids is 1. The molecule has 4 atom stereocenters. The number of rotatable bonds is 10. The minimum absolute atomic E-state index is 0.0548. The first-order valence-electron chi connectivity index (χ1n) is 12.7.